The van der Waals surface area contributed by atoms with E-state index in [1.807, 2.05) is 20.8 Å². The van der Waals surface area contributed by atoms with Crippen LogP contribution in [0.2, 0.25) is 0 Å². The van der Waals surface area contributed by atoms with E-state index in [2.05, 4.69) is 13.2 Å². The highest BCUT2D eigenvalue weighted by atomic mass is 16.6. The number of rotatable bonds is 4. The van der Waals surface area contributed by atoms with Crippen molar-refractivity contribution in [3.8, 4) is 0 Å². The van der Waals surface area contributed by atoms with Gasteiger partial charge < -0.3 is 19.3 Å². The molecule has 1 N–H and O–H groups in total. The van der Waals surface area contributed by atoms with Gasteiger partial charge in [0.05, 0.1) is 12.0 Å². The van der Waals surface area contributed by atoms with Crippen LogP contribution in [0.3, 0.4) is 0 Å². The van der Waals surface area contributed by atoms with Gasteiger partial charge >= 0.3 is 17.9 Å². The topological polar surface area (TPSA) is 99.1 Å². The second kappa shape index (κ2) is 7.59. The first-order chi connectivity index (χ1) is 13.5. The van der Waals surface area contributed by atoms with Crippen molar-refractivity contribution < 1.29 is 33.7 Å². The number of carbonyl (C=O) groups excluding carboxylic acids is 3. The van der Waals surface area contributed by atoms with E-state index in [9.17, 15) is 19.5 Å². The lowest BCUT2D eigenvalue weighted by atomic mass is 9.53. The summed E-state index contributed by atoms with van der Waals surface area (Å²) in [6.07, 6.45) is -2.00. The first kappa shape index (κ1) is 21.6. The Morgan fingerprint density at radius 3 is 2.55 bits per heavy atom. The molecule has 7 heteroatoms. The predicted molar refractivity (Wildman–Crippen MR) is 103 cm³/mol. The minimum absolute atomic E-state index is 0.138. The van der Waals surface area contributed by atoms with Crippen LogP contribution >= 0.6 is 0 Å². The molecule has 0 amide bonds. The number of esters is 3. The molecular formula is C22H30O7. The molecule has 0 aromatic rings. The zero-order valence-electron chi connectivity index (χ0n) is 17.5. The number of hydrogen-bond acceptors (Lipinski definition) is 7. The Bertz CT molecular complexity index is 754. The lowest BCUT2D eigenvalue weighted by Gasteiger charge is -2.55. The van der Waals surface area contributed by atoms with E-state index < -0.39 is 53.6 Å². The standard InChI is InChI=1S/C22H30O7/c1-10(2)7-17(25)28-15-9-22(6)16(24)8-14(27-13(5)23)11(3)19(22)20-18(15)12(4)21(26)29-20/h10,14-16,18-20,24H,3-4,7-9H2,1-2,5-6H3/t14-,15+,16+,18+,19+,20-,22-/m0/s1. The molecule has 1 aliphatic heterocycles. The molecule has 1 heterocycles. The van der Waals surface area contributed by atoms with E-state index >= 15 is 0 Å². The number of ether oxygens (including phenoxy) is 3. The van der Waals surface area contributed by atoms with Crippen molar-refractivity contribution in [2.45, 2.75) is 71.4 Å². The second-order valence-electron chi connectivity index (χ2n) is 9.16. The summed E-state index contributed by atoms with van der Waals surface area (Å²) in [6, 6.07) is 0. The molecular weight excluding hydrogens is 376 g/mol. The maximum Gasteiger partial charge on any atom is 0.334 e. The summed E-state index contributed by atoms with van der Waals surface area (Å²) in [6.45, 7) is 15.0. The molecule has 2 aliphatic carbocycles. The van der Waals surface area contributed by atoms with Gasteiger partial charge in [0.25, 0.3) is 0 Å². The summed E-state index contributed by atoms with van der Waals surface area (Å²) in [7, 11) is 0. The van der Waals surface area contributed by atoms with Gasteiger partial charge in [-0.1, -0.05) is 33.9 Å². The van der Waals surface area contributed by atoms with Crippen LogP contribution in [0.5, 0.6) is 0 Å². The van der Waals surface area contributed by atoms with Crippen LogP contribution in [-0.4, -0.2) is 47.4 Å². The maximum atomic E-state index is 12.4. The summed E-state index contributed by atoms with van der Waals surface area (Å²) in [5.41, 5.74) is 0.122. The SMILES string of the molecule is C=C1C(=O)O[C@H]2[C@H]1[C@H](OC(=O)CC(C)C)C[C@@]1(C)[C@H](O)C[C@H](OC(C)=O)C(=C)[C@H]21. The van der Waals surface area contributed by atoms with Gasteiger partial charge in [0.1, 0.15) is 18.3 Å². The van der Waals surface area contributed by atoms with E-state index in [0.717, 1.165) is 0 Å². The van der Waals surface area contributed by atoms with Crippen LogP contribution in [-0.2, 0) is 28.6 Å². The van der Waals surface area contributed by atoms with Crippen molar-refractivity contribution in [3.63, 3.8) is 0 Å². The van der Waals surface area contributed by atoms with Gasteiger partial charge in [0.15, 0.2) is 0 Å². The van der Waals surface area contributed by atoms with E-state index in [-0.39, 0.29) is 30.3 Å². The summed E-state index contributed by atoms with van der Waals surface area (Å²) in [4.78, 5) is 36.2. The van der Waals surface area contributed by atoms with Crippen molar-refractivity contribution >= 4 is 17.9 Å². The van der Waals surface area contributed by atoms with Crippen molar-refractivity contribution in [2.75, 3.05) is 0 Å². The van der Waals surface area contributed by atoms with Gasteiger partial charge in [0.2, 0.25) is 0 Å². The monoisotopic (exact) mass is 406 g/mol. The average Bonchev–Trinajstić information content (AvgIpc) is 2.86. The van der Waals surface area contributed by atoms with Gasteiger partial charge in [-0.3, -0.25) is 9.59 Å². The number of fused-ring (bicyclic) bond motifs is 3. The highest BCUT2D eigenvalue weighted by Crippen LogP contribution is 2.58. The van der Waals surface area contributed by atoms with E-state index in [1.54, 1.807) is 0 Å². The van der Waals surface area contributed by atoms with E-state index in [1.165, 1.54) is 6.92 Å². The molecule has 3 fully saturated rings. The largest absolute Gasteiger partial charge is 0.462 e. The first-order valence-corrected chi connectivity index (χ1v) is 10.1. The Morgan fingerprint density at radius 2 is 1.97 bits per heavy atom. The smallest absolute Gasteiger partial charge is 0.334 e. The Balaban J connectivity index is 1.95. The predicted octanol–water partition coefficient (Wildman–Crippen LogP) is 2.32. The average molecular weight is 406 g/mol. The molecule has 0 bridgehead atoms. The Morgan fingerprint density at radius 1 is 1.31 bits per heavy atom. The quantitative estimate of drug-likeness (QED) is 0.331. The fraction of sp³-hybridized carbons (Fsp3) is 0.682. The zero-order valence-corrected chi connectivity index (χ0v) is 17.5. The Hall–Kier alpha value is -2.15. The molecule has 7 nitrogen and oxygen atoms in total. The molecule has 3 aliphatic rings. The van der Waals surface area contributed by atoms with Crippen LogP contribution in [0.4, 0.5) is 0 Å². The van der Waals surface area contributed by atoms with Crippen LogP contribution in [0.1, 0.15) is 47.0 Å². The molecule has 3 rings (SSSR count). The minimum atomic E-state index is -0.845. The zero-order chi connectivity index (χ0) is 21.7. The van der Waals surface area contributed by atoms with E-state index in [4.69, 9.17) is 14.2 Å². The molecule has 7 atom stereocenters. The normalized spacial score (nSPS) is 38.9. The third-order valence-corrected chi connectivity index (χ3v) is 6.52. The third-order valence-electron chi connectivity index (χ3n) is 6.52. The summed E-state index contributed by atoms with van der Waals surface area (Å²) >= 11 is 0. The van der Waals surface area contributed by atoms with Crippen LogP contribution in [0.25, 0.3) is 0 Å². The van der Waals surface area contributed by atoms with Crippen molar-refractivity contribution in [3.05, 3.63) is 24.3 Å². The molecule has 2 saturated carbocycles. The fourth-order valence-corrected chi connectivity index (χ4v) is 5.17. The minimum Gasteiger partial charge on any atom is -0.462 e. The molecule has 160 valence electrons. The van der Waals surface area contributed by atoms with Crippen molar-refractivity contribution in [1.82, 2.24) is 0 Å². The van der Waals surface area contributed by atoms with Crippen LogP contribution < -0.4 is 0 Å². The fourth-order valence-electron chi connectivity index (χ4n) is 5.17. The summed E-state index contributed by atoms with van der Waals surface area (Å²) < 4.78 is 16.8. The Labute approximate surface area is 171 Å². The third kappa shape index (κ3) is 3.72. The van der Waals surface area contributed by atoms with Gasteiger partial charge in [-0.2, -0.15) is 0 Å². The van der Waals surface area contributed by atoms with Crippen molar-refractivity contribution in [1.29, 1.82) is 0 Å². The molecule has 1 saturated heterocycles. The molecule has 0 radical (unpaired) electrons. The van der Waals surface area contributed by atoms with Crippen molar-refractivity contribution in [2.24, 2.45) is 23.2 Å². The van der Waals surface area contributed by atoms with Gasteiger partial charge in [-0.25, -0.2) is 4.79 Å². The van der Waals surface area contributed by atoms with Gasteiger partial charge in [-0.05, 0) is 17.9 Å². The molecule has 29 heavy (non-hydrogen) atoms. The molecule has 0 aromatic carbocycles. The highest BCUT2D eigenvalue weighted by molar-refractivity contribution is 5.91. The number of aliphatic hydroxyl groups excluding tert-OH is 1. The summed E-state index contributed by atoms with van der Waals surface area (Å²) in [5, 5.41) is 11.0. The highest BCUT2D eigenvalue weighted by Gasteiger charge is 2.64. The number of aliphatic hydroxyl groups is 1. The second-order valence-corrected chi connectivity index (χ2v) is 9.16. The lowest BCUT2D eigenvalue weighted by Crippen LogP contribution is -2.60. The number of carbonyl (C=O) groups is 3. The van der Waals surface area contributed by atoms with Crippen LogP contribution in [0, 0.1) is 23.2 Å². The molecule has 0 spiro atoms. The van der Waals surface area contributed by atoms with Gasteiger partial charge in [0, 0.05) is 36.7 Å². The van der Waals surface area contributed by atoms with Gasteiger partial charge in [-0.15, -0.1) is 0 Å². The maximum absolute atomic E-state index is 12.4. The molecule has 0 aromatic heterocycles. The Kier molecular flexibility index (Phi) is 5.64. The lowest BCUT2D eigenvalue weighted by molar-refractivity contribution is -0.188. The van der Waals surface area contributed by atoms with E-state index in [0.29, 0.717) is 12.0 Å². The number of hydrogen-bond donors (Lipinski definition) is 1. The summed E-state index contributed by atoms with van der Waals surface area (Å²) in [5.74, 6) is -2.17. The first-order valence-electron chi connectivity index (χ1n) is 10.1. The van der Waals surface area contributed by atoms with Crippen LogP contribution in [0.15, 0.2) is 24.3 Å². The molecule has 0 unspecified atom stereocenters.